The van der Waals surface area contributed by atoms with Crippen LogP contribution in [0.3, 0.4) is 0 Å². The van der Waals surface area contributed by atoms with Crippen LogP contribution in [0.5, 0.6) is 0 Å². The maximum Gasteiger partial charge on any atom is 0.272 e. The predicted octanol–water partition coefficient (Wildman–Crippen LogP) is 2.28. The van der Waals surface area contributed by atoms with Gasteiger partial charge >= 0.3 is 0 Å². The van der Waals surface area contributed by atoms with Gasteiger partial charge in [0.25, 0.3) is 20.2 Å². The molecule has 1 aromatic carbocycles. The molecule has 0 spiro atoms. The quantitative estimate of drug-likeness (QED) is 0.776. The molecule has 0 bridgehead atoms. The molecular formula is C14H19NO6S2. The fourth-order valence-corrected chi connectivity index (χ4v) is 4.20. The van der Waals surface area contributed by atoms with Crippen molar-refractivity contribution in [3.05, 3.63) is 29.3 Å². The third kappa shape index (κ3) is 3.79. The Morgan fingerprint density at radius 1 is 1.17 bits per heavy atom. The summed E-state index contributed by atoms with van der Waals surface area (Å²) in [6.07, 6.45) is -0.434. The maximum atomic E-state index is 11.6. The lowest BCUT2D eigenvalue weighted by atomic mass is 9.81. The van der Waals surface area contributed by atoms with Gasteiger partial charge in [-0.05, 0) is 30.5 Å². The standard InChI is InChI=1S/C14H19NO6S2/c1-9-14(2,3)11-8-10(4-5-12(11)15-9)13(23(19,20)21)6-7-22(16,17)18/h4-5,8,13H,6-7H2,1-3H3,(H,16,17,18)(H,19,20,21). The van der Waals surface area contributed by atoms with E-state index in [1.165, 1.54) is 6.07 Å². The minimum Gasteiger partial charge on any atom is -0.286 e. The van der Waals surface area contributed by atoms with Crippen molar-refractivity contribution >= 4 is 31.6 Å². The highest BCUT2D eigenvalue weighted by molar-refractivity contribution is 7.86. The summed E-state index contributed by atoms with van der Waals surface area (Å²) in [6.45, 7) is 5.77. The van der Waals surface area contributed by atoms with E-state index in [2.05, 4.69) is 4.99 Å². The van der Waals surface area contributed by atoms with Gasteiger partial charge in [0.1, 0.15) is 5.25 Å². The summed E-state index contributed by atoms with van der Waals surface area (Å²) >= 11 is 0. The highest BCUT2D eigenvalue weighted by Gasteiger charge is 2.34. The summed E-state index contributed by atoms with van der Waals surface area (Å²) in [5, 5.41) is -1.42. The summed E-state index contributed by atoms with van der Waals surface area (Å²) in [5.41, 5.74) is 2.31. The molecule has 2 N–H and O–H groups in total. The normalized spacial score (nSPS) is 18.4. The molecule has 0 aliphatic carbocycles. The van der Waals surface area contributed by atoms with Crippen molar-refractivity contribution in [2.45, 2.75) is 37.9 Å². The summed E-state index contributed by atoms with van der Waals surface area (Å²) < 4.78 is 63.3. The molecule has 128 valence electrons. The fraction of sp³-hybridized carbons (Fsp3) is 0.500. The molecule has 0 saturated heterocycles. The number of hydrogen-bond acceptors (Lipinski definition) is 5. The topological polar surface area (TPSA) is 121 Å². The van der Waals surface area contributed by atoms with Gasteiger partial charge in [-0.3, -0.25) is 14.1 Å². The number of rotatable bonds is 5. The molecule has 0 fully saturated rings. The first-order valence-electron chi connectivity index (χ1n) is 6.94. The van der Waals surface area contributed by atoms with E-state index in [1.54, 1.807) is 12.1 Å². The van der Waals surface area contributed by atoms with E-state index in [0.29, 0.717) is 0 Å². The average Bonchev–Trinajstić information content (AvgIpc) is 2.58. The molecule has 1 aliphatic rings. The minimum absolute atomic E-state index is 0.271. The lowest BCUT2D eigenvalue weighted by Crippen LogP contribution is -2.23. The van der Waals surface area contributed by atoms with E-state index in [4.69, 9.17) is 4.55 Å². The van der Waals surface area contributed by atoms with Gasteiger partial charge in [0.05, 0.1) is 11.4 Å². The van der Waals surface area contributed by atoms with E-state index in [9.17, 15) is 21.4 Å². The molecular weight excluding hydrogens is 342 g/mol. The zero-order valence-electron chi connectivity index (χ0n) is 13.0. The second-order valence-corrected chi connectivity index (χ2v) is 9.35. The largest absolute Gasteiger partial charge is 0.286 e. The van der Waals surface area contributed by atoms with Crippen LogP contribution in [0.1, 0.15) is 43.6 Å². The van der Waals surface area contributed by atoms with Crippen molar-refractivity contribution in [3.8, 4) is 0 Å². The molecule has 1 aromatic rings. The zero-order chi connectivity index (χ0) is 17.6. The Kier molecular flexibility index (Phi) is 4.44. The zero-order valence-corrected chi connectivity index (χ0v) is 14.6. The minimum atomic E-state index is -4.52. The molecule has 23 heavy (non-hydrogen) atoms. The smallest absolute Gasteiger partial charge is 0.272 e. The first-order chi connectivity index (χ1) is 10.3. The number of benzene rings is 1. The van der Waals surface area contributed by atoms with Gasteiger partial charge in [-0.15, -0.1) is 0 Å². The van der Waals surface area contributed by atoms with Crippen LogP contribution < -0.4 is 0 Å². The van der Waals surface area contributed by atoms with Crippen molar-refractivity contribution in [1.29, 1.82) is 0 Å². The lowest BCUT2D eigenvalue weighted by Gasteiger charge is -2.22. The van der Waals surface area contributed by atoms with Crippen LogP contribution in [0.15, 0.2) is 23.2 Å². The Bertz CT molecular complexity index is 869. The van der Waals surface area contributed by atoms with Gasteiger partial charge < -0.3 is 0 Å². The van der Waals surface area contributed by atoms with E-state index < -0.39 is 37.7 Å². The lowest BCUT2D eigenvalue weighted by molar-refractivity contribution is 0.462. The van der Waals surface area contributed by atoms with Gasteiger partial charge in [-0.2, -0.15) is 16.8 Å². The van der Waals surface area contributed by atoms with Crippen LogP contribution in [0.2, 0.25) is 0 Å². The summed E-state index contributed by atoms with van der Waals surface area (Å²) in [7, 11) is -8.85. The number of aliphatic imine (C=N–C) groups is 1. The molecule has 0 saturated carbocycles. The van der Waals surface area contributed by atoms with Crippen molar-refractivity contribution < 1.29 is 25.9 Å². The van der Waals surface area contributed by atoms with Crippen LogP contribution >= 0.6 is 0 Å². The Hall–Kier alpha value is -1.29. The number of fused-ring (bicyclic) bond motifs is 1. The van der Waals surface area contributed by atoms with Crippen LogP contribution in [-0.2, 0) is 25.7 Å². The Morgan fingerprint density at radius 2 is 1.78 bits per heavy atom. The van der Waals surface area contributed by atoms with Gasteiger partial charge in [-0.25, -0.2) is 0 Å². The maximum absolute atomic E-state index is 11.6. The van der Waals surface area contributed by atoms with Crippen molar-refractivity contribution in [2.75, 3.05) is 5.75 Å². The average molecular weight is 361 g/mol. The Morgan fingerprint density at radius 3 is 2.30 bits per heavy atom. The van der Waals surface area contributed by atoms with Crippen molar-refractivity contribution in [1.82, 2.24) is 0 Å². The van der Waals surface area contributed by atoms with Gasteiger partial charge in [-0.1, -0.05) is 26.0 Å². The van der Waals surface area contributed by atoms with Crippen molar-refractivity contribution in [3.63, 3.8) is 0 Å². The molecule has 1 unspecified atom stereocenters. The van der Waals surface area contributed by atoms with Gasteiger partial charge in [0.2, 0.25) is 0 Å². The first-order valence-corrected chi connectivity index (χ1v) is 10.1. The SMILES string of the molecule is CC1=Nc2ccc(C(CCS(=O)(=O)O)S(=O)(=O)O)cc2C1(C)C. The van der Waals surface area contributed by atoms with E-state index in [-0.39, 0.29) is 11.0 Å². The summed E-state index contributed by atoms with van der Waals surface area (Å²) in [6, 6.07) is 4.77. The highest BCUT2D eigenvalue weighted by Crippen LogP contribution is 2.42. The Labute approximate surface area is 135 Å². The molecule has 1 heterocycles. The summed E-state index contributed by atoms with van der Waals surface area (Å²) in [5.74, 6) is -0.756. The predicted molar refractivity (Wildman–Crippen MR) is 87.6 cm³/mol. The van der Waals surface area contributed by atoms with Crippen LogP contribution in [0.4, 0.5) is 5.69 Å². The van der Waals surface area contributed by atoms with E-state index in [0.717, 1.165) is 17.0 Å². The van der Waals surface area contributed by atoms with Crippen LogP contribution in [0, 0.1) is 0 Å². The molecule has 0 aromatic heterocycles. The number of hydrogen-bond donors (Lipinski definition) is 2. The van der Waals surface area contributed by atoms with Gasteiger partial charge in [0.15, 0.2) is 0 Å². The highest BCUT2D eigenvalue weighted by atomic mass is 32.2. The van der Waals surface area contributed by atoms with Crippen LogP contribution in [0.25, 0.3) is 0 Å². The van der Waals surface area contributed by atoms with Crippen molar-refractivity contribution in [2.24, 2.45) is 4.99 Å². The summed E-state index contributed by atoms with van der Waals surface area (Å²) in [4.78, 5) is 4.42. The molecule has 0 radical (unpaired) electrons. The van der Waals surface area contributed by atoms with Gasteiger partial charge in [0, 0.05) is 11.1 Å². The van der Waals surface area contributed by atoms with E-state index >= 15 is 0 Å². The second kappa shape index (κ2) is 5.66. The molecule has 0 amide bonds. The van der Waals surface area contributed by atoms with Crippen LogP contribution in [-0.4, -0.2) is 37.4 Å². The number of nitrogens with zero attached hydrogens (tertiary/aromatic N) is 1. The fourth-order valence-electron chi connectivity index (χ4n) is 2.61. The first kappa shape index (κ1) is 18.1. The van der Waals surface area contributed by atoms with E-state index in [1.807, 2.05) is 20.8 Å². The molecule has 1 atom stereocenters. The molecule has 2 rings (SSSR count). The monoisotopic (exact) mass is 361 g/mol. The second-order valence-electron chi connectivity index (χ2n) is 6.18. The molecule has 7 nitrogen and oxygen atoms in total. The Balaban J connectivity index is 2.46. The third-order valence-corrected chi connectivity index (χ3v) is 6.23. The molecule has 1 aliphatic heterocycles. The molecule has 9 heteroatoms. The third-order valence-electron chi connectivity index (χ3n) is 4.26.